The topological polar surface area (TPSA) is 27.7 Å². The predicted octanol–water partition coefficient (Wildman–Crippen LogP) is 8.81. The molecule has 1 atom stereocenters. The summed E-state index contributed by atoms with van der Waals surface area (Å²) < 4.78 is 17.7. The first kappa shape index (κ1) is 29.6. The monoisotopic (exact) mass is 426 g/mol. The van der Waals surface area contributed by atoms with Gasteiger partial charge in [0, 0.05) is 21.3 Å². The molecule has 0 rings (SSSR count). The third-order valence-corrected chi connectivity index (χ3v) is 6.60. The van der Waals surface area contributed by atoms with E-state index in [1.807, 2.05) is 0 Å². The summed E-state index contributed by atoms with van der Waals surface area (Å²) in [5, 5.41) is 0. The molecule has 0 bridgehead atoms. The Morgan fingerprint density at radius 3 is 1.17 bits per heavy atom. The molecule has 0 aromatic carbocycles. The third kappa shape index (κ3) is 10.8. The number of methoxy groups -OCH3 is 3. The number of hydrogen-bond donors (Lipinski definition) is 0. The average molecular weight is 427 g/mol. The lowest BCUT2D eigenvalue weighted by molar-refractivity contribution is -0.399. The first-order chi connectivity index (χ1) is 14.6. The molecule has 3 heteroatoms. The standard InChI is InChI=1S/C27H54O3/c1-7-10-12-14-16-18-20-22-25-26(23-9-3,27(28-4,29-5)30-6)24-21-19-17-15-13-11-8-2/h9,23H,7-8,10-22,24-25H2,1-6H3. The van der Waals surface area contributed by atoms with E-state index in [1.54, 1.807) is 21.3 Å². The van der Waals surface area contributed by atoms with E-state index >= 15 is 0 Å². The van der Waals surface area contributed by atoms with Crippen molar-refractivity contribution in [2.45, 2.75) is 136 Å². The van der Waals surface area contributed by atoms with Crippen LogP contribution in [-0.2, 0) is 14.2 Å². The van der Waals surface area contributed by atoms with Crippen LogP contribution in [0.4, 0.5) is 0 Å². The van der Waals surface area contributed by atoms with E-state index in [2.05, 4.69) is 32.9 Å². The van der Waals surface area contributed by atoms with Crippen molar-refractivity contribution in [3.05, 3.63) is 12.2 Å². The first-order valence-electron chi connectivity index (χ1n) is 12.9. The molecule has 0 N–H and O–H groups in total. The van der Waals surface area contributed by atoms with Crippen molar-refractivity contribution in [3.63, 3.8) is 0 Å². The third-order valence-electron chi connectivity index (χ3n) is 6.60. The van der Waals surface area contributed by atoms with E-state index in [9.17, 15) is 0 Å². The molecule has 0 aromatic rings. The molecule has 0 heterocycles. The Morgan fingerprint density at radius 2 is 0.867 bits per heavy atom. The summed E-state index contributed by atoms with van der Waals surface area (Å²) in [4.78, 5) is 0. The van der Waals surface area contributed by atoms with Gasteiger partial charge in [-0.05, 0) is 19.8 Å². The lowest BCUT2D eigenvalue weighted by atomic mass is 9.74. The van der Waals surface area contributed by atoms with Crippen LogP contribution in [0.25, 0.3) is 0 Å². The van der Waals surface area contributed by atoms with Crippen molar-refractivity contribution in [2.24, 2.45) is 5.41 Å². The minimum Gasteiger partial charge on any atom is -0.330 e. The number of rotatable bonds is 22. The van der Waals surface area contributed by atoms with Gasteiger partial charge >= 0.3 is 0 Å². The van der Waals surface area contributed by atoms with Gasteiger partial charge in [0.25, 0.3) is 5.97 Å². The maximum absolute atomic E-state index is 5.89. The van der Waals surface area contributed by atoms with Gasteiger partial charge in [0.15, 0.2) is 0 Å². The lowest BCUT2D eigenvalue weighted by Gasteiger charge is -2.45. The molecule has 0 spiro atoms. The molecule has 0 aromatic heterocycles. The van der Waals surface area contributed by atoms with Gasteiger partial charge < -0.3 is 14.2 Å². The summed E-state index contributed by atoms with van der Waals surface area (Å²) in [5.41, 5.74) is -0.244. The van der Waals surface area contributed by atoms with Crippen LogP contribution in [0.5, 0.6) is 0 Å². The Hall–Kier alpha value is -0.380. The van der Waals surface area contributed by atoms with Crippen molar-refractivity contribution in [2.75, 3.05) is 21.3 Å². The molecule has 0 aliphatic carbocycles. The Balaban J connectivity index is 4.87. The highest BCUT2D eigenvalue weighted by Gasteiger charge is 2.51. The zero-order valence-electron chi connectivity index (χ0n) is 21.4. The van der Waals surface area contributed by atoms with Gasteiger partial charge in [-0.25, -0.2) is 0 Å². The summed E-state index contributed by atoms with van der Waals surface area (Å²) in [7, 11) is 5.14. The quantitative estimate of drug-likeness (QED) is 0.0983. The Bertz CT molecular complexity index is 381. The number of hydrogen-bond acceptors (Lipinski definition) is 3. The molecule has 30 heavy (non-hydrogen) atoms. The average Bonchev–Trinajstić information content (AvgIpc) is 2.76. The lowest BCUT2D eigenvalue weighted by Crippen LogP contribution is -2.52. The van der Waals surface area contributed by atoms with Gasteiger partial charge in [-0.2, -0.15) is 0 Å². The SMILES string of the molecule is CC=CC(CCCCCCCCC)(CCCCCCCCCC)C(OC)(OC)OC. The van der Waals surface area contributed by atoms with Crippen molar-refractivity contribution in [3.8, 4) is 0 Å². The van der Waals surface area contributed by atoms with Crippen LogP contribution in [-0.4, -0.2) is 27.3 Å². The van der Waals surface area contributed by atoms with E-state index in [-0.39, 0.29) is 5.41 Å². The largest absolute Gasteiger partial charge is 0.330 e. The molecule has 3 nitrogen and oxygen atoms in total. The van der Waals surface area contributed by atoms with E-state index in [0.29, 0.717) is 0 Å². The molecule has 0 radical (unpaired) electrons. The molecule has 0 amide bonds. The van der Waals surface area contributed by atoms with Gasteiger partial charge in [-0.3, -0.25) is 0 Å². The maximum Gasteiger partial charge on any atom is 0.291 e. The number of unbranched alkanes of at least 4 members (excludes halogenated alkanes) is 13. The highest BCUT2D eigenvalue weighted by molar-refractivity contribution is 5.04. The second kappa shape index (κ2) is 19.3. The van der Waals surface area contributed by atoms with Crippen molar-refractivity contribution in [1.82, 2.24) is 0 Å². The molecule has 0 aliphatic heterocycles. The molecule has 0 aliphatic rings. The molecule has 0 saturated carbocycles. The van der Waals surface area contributed by atoms with Crippen LogP contribution in [0, 0.1) is 5.41 Å². The number of ether oxygens (including phenoxy) is 3. The smallest absolute Gasteiger partial charge is 0.291 e. The van der Waals surface area contributed by atoms with E-state index in [0.717, 1.165) is 12.8 Å². The van der Waals surface area contributed by atoms with Crippen LogP contribution < -0.4 is 0 Å². The number of allylic oxidation sites excluding steroid dienone is 1. The summed E-state index contributed by atoms with van der Waals surface area (Å²) in [6.45, 7) is 6.65. The first-order valence-corrected chi connectivity index (χ1v) is 12.9. The van der Waals surface area contributed by atoms with E-state index in [4.69, 9.17) is 14.2 Å². The zero-order chi connectivity index (χ0) is 22.6. The molecule has 0 fully saturated rings. The van der Waals surface area contributed by atoms with Crippen molar-refractivity contribution in [1.29, 1.82) is 0 Å². The second-order valence-electron chi connectivity index (χ2n) is 8.92. The van der Waals surface area contributed by atoms with E-state index < -0.39 is 5.97 Å². The predicted molar refractivity (Wildman–Crippen MR) is 131 cm³/mol. The van der Waals surface area contributed by atoms with Gasteiger partial charge in [0.2, 0.25) is 0 Å². The summed E-state index contributed by atoms with van der Waals surface area (Å²) >= 11 is 0. The zero-order valence-corrected chi connectivity index (χ0v) is 21.4. The maximum atomic E-state index is 5.89. The van der Waals surface area contributed by atoms with Crippen LogP contribution in [0.3, 0.4) is 0 Å². The summed E-state index contributed by atoms with van der Waals surface area (Å²) in [6, 6.07) is 0. The fourth-order valence-electron chi connectivity index (χ4n) is 4.85. The second-order valence-corrected chi connectivity index (χ2v) is 8.92. The fraction of sp³-hybridized carbons (Fsp3) is 0.926. The van der Waals surface area contributed by atoms with Gasteiger partial charge in [-0.1, -0.05) is 122 Å². The minimum atomic E-state index is -1.01. The Labute approximate surface area is 189 Å². The summed E-state index contributed by atoms with van der Waals surface area (Å²) in [5.74, 6) is -1.01. The van der Waals surface area contributed by atoms with Gasteiger partial charge in [0.05, 0.1) is 5.41 Å². The molecule has 180 valence electrons. The Kier molecular flexibility index (Phi) is 19.1. The van der Waals surface area contributed by atoms with Crippen molar-refractivity contribution >= 4 is 0 Å². The van der Waals surface area contributed by atoms with Crippen LogP contribution in [0.15, 0.2) is 12.2 Å². The van der Waals surface area contributed by atoms with Crippen LogP contribution in [0.2, 0.25) is 0 Å². The highest BCUT2D eigenvalue weighted by atomic mass is 16.9. The normalized spacial score (nSPS) is 14.5. The summed E-state index contributed by atoms with van der Waals surface area (Å²) in [6.07, 6.45) is 26.3. The van der Waals surface area contributed by atoms with E-state index in [1.165, 1.54) is 96.3 Å². The van der Waals surface area contributed by atoms with Gasteiger partial charge in [0.1, 0.15) is 0 Å². The Morgan fingerprint density at radius 1 is 0.533 bits per heavy atom. The molecular formula is C27H54O3. The van der Waals surface area contributed by atoms with Crippen molar-refractivity contribution < 1.29 is 14.2 Å². The fourth-order valence-corrected chi connectivity index (χ4v) is 4.85. The molecule has 1 unspecified atom stereocenters. The minimum absolute atomic E-state index is 0.244. The van der Waals surface area contributed by atoms with Crippen LogP contribution in [0.1, 0.15) is 130 Å². The molecular weight excluding hydrogens is 372 g/mol. The van der Waals surface area contributed by atoms with Gasteiger partial charge in [-0.15, -0.1) is 0 Å². The van der Waals surface area contributed by atoms with Crippen LogP contribution >= 0.6 is 0 Å². The molecule has 0 saturated heterocycles. The highest BCUT2D eigenvalue weighted by Crippen LogP contribution is 2.46.